The van der Waals surface area contributed by atoms with Gasteiger partial charge < -0.3 is 9.32 Å². The molecular weight excluding hydrogens is 667 g/mol. The maximum atomic E-state index is 9.66. The van der Waals surface area contributed by atoms with Gasteiger partial charge in [0.15, 0.2) is 0 Å². The third-order valence-corrected chi connectivity index (χ3v) is 10.7. The lowest BCUT2D eigenvalue weighted by atomic mass is 9.67. The van der Waals surface area contributed by atoms with E-state index in [1.807, 2.05) is 84.9 Å². The van der Waals surface area contributed by atoms with Gasteiger partial charge in [0.1, 0.15) is 11.2 Å². The first-order valence-electron chi connectivity index (χ1n) is 23.9. The summed E-state index contributed by atoms with van der Waals surface area (Å²) in [7, 11) is 0. The minimum absolute atomic E-state index is 0.178. The van der Waals surface area contributed by atoms with Crippen molar-refractivity contribution < 1.29 is 20.9 Å². The molecule has 0 spiro atoms. The SMILES string of the molecule is [2H]c1c([2H])c([2H])c(N(c2ccc3c(c2)C(c2ccccc2)(c2ccccc2)c2cc(-c4cccc5oc6ccccc6c45)ccc2-3)c2c([2H])c([2H])c3c([2H])c([2H])c([2H])c([2H])c3c2[2H])c([2H])c1[2H]. The van der Waals surface area contributed by atoms with E-state index in [9.17, 15) is 6.85 Å². The molecule has 0 radical (unpaired) electrons. The zero-order valence-electron chi connectivity index (χ0n) is 41.1. The molecule has 2 nitrogen and oxygen atoms in total. The molecule has 0 saturated heterocycles. The lowest BCUT2D eigenvalue weighted by Gasteiger charge is -2.35. The van der Waals surface area contributed by atoms with Gasteiger partial charge in [0.2, 0.25) is 0 Å². The van der Waals surface area contributed by atoms with Gasteiger partial charge in [-0.25, -0.2) is 0 Å². The number of anilines is 3. The summed E-state index contributed by atoms with van der Waals surface area (Å²) in [5.41, 5.74) is 6.95. The van der Waals surface area contributed by atoms with E-state index in [1.54, 1.807) is 6.07 Å². The number of fused-ring (bicyclic) bond motifs is 7. The van der Waals surface area contributed by atoms with E-state index in [0.29, 0.717) is 0 Å². The maximum absolute atomic E-state index is 9.66. The van der Waals surface area contributed by atoms with Crippen molar-refractivity contribution in [3.8, 4) is 22.3 Å². The van der Waals surface area contributed by atoms with Crippen molar-refractivity contribution in [3.05, 3.63) is 234 Å². The molecule has 9 aromatic carbocycles. The standard InChI is InChI=1S/C53H35NO/c1-4-17-39(18-5-1)53(40-19-6-2-7-20-40)48-34-38(44-24-14-26-51-52(44)47-23-12-13-25-50(47)55-51)28-31-45(48)46-32-30-43(35-49(46)53)54(41-21-8-3-9-22-41)42-29-27-36-15-10-11-16-37(36)33-42/h1-35H/i3D,8D,9D,10D,11D,15D,16D,21D,22D,27D,29D,33D. The third-order valence-electron chi connectivity index (χ3n) is 10.7. The predicted octanol–water partition coefficient (Wildman–Crippen LogP) is 14.2. The zero-order valence-corrected chi connectivity index (χ0v) is 29.1. The van der Waals surface area contributed by atoms with Gasteiger partial charge in [0.25, 0.3) is 0 Å². The summed E-state index contributed by atoms with van der Waals surface area (Å²) in [5.74, 6) is 0. The zero-order chi connectivity index (χ0) is 46.8. The van der Waals surface area contributed by atoms with Crippen LogP contribution < -0.4 is 4.90 Å². The molecule has 0 unspecified atom stereocenters. The van der Waals surface area contributed by atoms with E-state index in [4.69, 9.17) is 14.0 Å². The minimum Gasteiger partial charge on any atom is -0.456 e. The Morgan fingerprint density at radius 2 is 1.11 bits per heavy atom. The Bertz CT molecular complexity index is 3670. The Morgan fingerprint density at radius 1 is 0.455 bits per heavy atom. The van der Waals surface area contributed by atoms with Crippen LogP contribution in [0.25, 0.3) is 55.0 Å². The van der Waals surface area contributed by atoms with Gasteiger partial charge in [-0.15, -0.1) is 0 Å². The molecule has 0 atom stereocenters. The molecule has 1 aliphatic rings. The van der Waals surface area contributed by atoms with Gasteiger partial charge >= 0.3 is 0 Å². The van der Waals surface area contributed by atoms with Crippen LogP contribution in [0.2, 0.25) is 0 Å². The fraction of sp³-hybridized carbons (Fsp3) is 0.0189. The van der Waals surface area contributed by atoms with Crippen molar-refractivity contribution in [2.75, 3.05) is 4.90 Å². The quantitative estimate of drug-likeness (QED) is 0.171. The Kier molecular flexibility index (Phi) is 4.88. The number of rotatable bonds is 6. The van der Waals surface area contributed by atoms with E-state index < -0.39 is 89.3 Å². The molecule has 1 aromatic heterocycles. The summed E-state index contributed by atoms with van der Waals surface area (Å²) < 4.78 is 114. The van der Waals surface area contributed by atoms with E-state index in [1.165, 1.54) is 4.90 Å². The van der Waals surface area contributed by atoms with Gasteiger partial charge in [0, 0.05) is 27.8 Å². The lowest BCUT2D eigenvalue weighted by Crippen LogP contribution is -2.28. The summed E-state index contributed by atoms with van der Waals surface area (Å²) in [4.78, 5) is 1.21. The molecule has 1 heterocycles. The van der Waals surface area contributed by atoms with E-state index in [-0.39, 0.29) is 16.5 Å². The van der Waals surface area contributed by atoms with Crippen molar-refractivity contribution >= 4 is 49.8 Å². The van der Waals surface area contributed by atoms with Crippen LogP contribution >= 0.6 is 0 Å². The van der Waals surface area contributed by atoms with Crippen molar-refractivity contribution in [3.63, 3.8) is 0 Å². The fourth-order valence-corrected chi connectivity index (χ4v) is 8.41. The van der Waals surface area contributed by atoms with Crippen LogP contribution in [-0.4, -0.2) is 0 Å². The summed E-state index contributed by atoms with van der Waals surface area (Å²) in [6.07, 6.45) is 0. The van der Waals surface area contributed by atoms with Crippen molar-refractivity contribution in [1.29, 1.82) is 0 Å². The van der Waals surface area contributed by atoms with Crippen LogP contribution in [0.5, 0.6) is 0 Å². The smallest absolute Gasteiger partial charge is 0.136 e. The molecule has 0 N–H and O–H groups in total. The lowest BCUT2D eigenvalue weighted by molar-refractivity contribution is 0.669. The second kappa shape index (κ2) is 12.5. The molecule has 0 aliphatic heterocycles. The highest BCUT2D eigenvalue weighted by Crippen LogP contribution is 2.58. The molecule has 0 amide bonds. The highest BCUT2D eigenvalue weighted by Gasteiger charge is 2.46. The average molecular weight is 714 g/mol. The van der Waals surface area contributed by atoms with Gasteiger partial charge in [-0.2, -0.15) is 0 Å². The molecule has 10 aromatic rings. The topological polar surface area (TPSA) is 16.4 Å². The molecular formula is C53H35NO. The molecule has 258 valence electrons. The molecule has 11 rings (SSSR count). The maximum Gasteiger partial charge on any atom is 0.136 e. The Labute approximate surface area is 337 Å². The van der Waals surface area contributed by atoms with Crippen LogP contribution in [0.1, 0.15) is 38.7 Å². The van der Waals surface area contributed by atoms with Crippen LogP contribution in [0.15, 0.2) is 216 Å². The number of nitrogens with zero attached hydrogens (tertiary/aromatic N) is 1. The minimum atomic E-state index is -1.06. The number of hydrogen-bond donors (Lipinski definition) is 0. The monoisotopic (exact) mass is 713 g/mol. The summed E-state index contributed by atoms with van der Waals surface area (Å²) >= 11 is 0. The Hall–Kier alpha value is -7.16. The van der Waals surface area contributed by atoms with Crippen LogP contribution in [0.4, 0.5) is 17.1 Å². The molecule has 55 heavy (non-hydrogen) atoms. The third kappa shape index (κ3) is 4.82. The Morgan fingerprint density at radius 3 is 1.89 bits per heavy atom. The van der Waals surface area contributed by atoms with Gasteiger partial charge in [-0.05, 0) is 110 Å². The fourth-order valence-electron chi connectivity index (χ4n) is 8.41. The first kappa shape index (κ1) is 21.5. The summed E-state index contributed by atoms with van der Waals surface area (Å²) in [6.45, 7) is 0. The number of hydrogen-bond acceptors (Lipinski definition) is 2. The van der Waals surface area contributed by atoms with Crippen LogP contribution in [0.3, 0.4) is 0 Å². The molecule has 0 fully saturated rings. The largest absolute Gasteiger partial charge is 0.456 e. The van der Waals surface area contributed by atoms with Gasteiger partial charge in [0.05, 0.1) is 21.9 Å². The average Bonchev–Trinajstić information content (AvgIpc) is 3.88. The van der Waals surface area contributed by atoms with E-state index >= 15 is 0 Å². The van der Waals surface area contributed by atoms with Crippen molar-refractivity contribution in [1.82, 2.24) is 0 Å². The number of benzene rings is 9. The highest BCUT2D eigenvalue weighted by atomic mass is 16.3. The second-order valence-corrected chi connectivity index (χ2v) is 13.5. The van der Waals surface area contributed by atoms with Crippen LogP contribution in [-0.2, 0) is 5.41 Å². The second-order valence-electron chi connectivity index (χ2n) is 13.5. The van der Waals surface area contributed by atoms with Crippen molar-refractivity contribution in [2.24, 2.45) is 0 Å². The van der Waals surface area contributed by atoms with E-state index in [0.717, 1.165) is 66.4 Å². The van der Waals surface area contributed by atoms with Crippen LogP contribution in [0, 0.1) is 0 Å². The number of furan rings is 1. The van der Waals surface area contributed by atoms with E-state index in [2.05, 4.69) is 48.5 Å². The number of para-hydroxylation sites is 2. The van der Waals surface area contributed by atoms with Gasteiger partial charge in [-0.3, -0.25) is 0 Å². The molecule has 2 heteroatoms. The molecule has 0 bridgehead atoms. The molecule has 0 saturated carbocycles. The molecule has 1 aliphatic carbocycles. The van der Waals surface area contributed by atoms with Gasteiger partial charge in [-0.1, -0.05) is 158 Å². The Balaban J connectivity index is 1.26. The van der Waals surface area contributed by atoms with Crippen molar-refractivity contribution in [2.45, 2.75) is 5.41 Å². The highest BCUT2D eigenvalue weighted by molar-refractivity contribution is 6.12. The predicted molar refractivity (Wildman–Crippen MR) is 229 cm³/mol. The summed E-state index contributed by atoms with van der Waals surface area (Å²) in [5, 5.41) is 1.27. The first-order valence-corrected chi connectivity index (χ1v) is 17.9. The summed E-state index contributed by atoms with van der Waals surface area (Å²) in [6, 6.07) is 38.1. The first-order chi connectivity index (χ1) is 32.3. The normalized spacial score (nSPS) is 15.9.